The fourth-order valence-electron chi connectivity index (χ4n) is 2.13. The van der Waals surface area contributed by atoms with Crippen LogP contribution in [0.1, 0.15) is 6.92 Å². The van der Waals surface area contributed by atoms with Crippen LogP contribution in [-0.4, -0.2) is 31.0 Å². The standard InChI is InChI=1S/C16H14Cl2N6OS/c1-9(15(25)21-13-6-11(17)5-12(18)7-13)26-16-23-22-14(24(16)19)10-3-2-4-20-8-10/h2-9H,19H2,1H3,(H,21,25)/t9-/m1/s1. The molecule has 0 radical (unpaired) electrons. The van der Waals surface area contributed by atoms with Crippen molar-refractivity contribution in [2.45, 2.75) is 17.3 Å². The van der Waals surface area contributed by atoms with Gasteiger partial charge in [-0.2, -0.15) is 0 Å². The number of thioether (sulfide) groups is 1. The molecule has 1 aromatic carbocycles. The molecule has 3 aromatic rings. The van der Waals surface area contributed by atoms with Gasteiger partial charge in [0, 0.05) is 33.7 Å². The first-order valence-corrected chi connectivity index (χ1v) is 9.12. The van der Waals surface area contributed by atoms with Crippen LogP contribution in [0, 0.1) is 0 Å². The summed E-state index contributed by atoms with van der Waals surface area (Å²) >= 11 is 13.1. The number of nitrogen functional groups attached to an aromatic ring is 1. The summed E-state index contributed by atoms with van der Waals surface area (Å²) in [6, 6.07) is 8.44. The number of nitrogens with one attached hydrogen (secondary N) is 1. The Morgan fingerprint density at radius 1 is 1.27 bits per heavy atom. The van der Waals surface area contributed by atoms with Crippen molar-refractivity contribution in [1.29, 1.82) is 0 Å². The molecule has 1 amide bonds. The van der Waals surface area contributed by atoms with Gasteiger partial charge in [0.25, 0.3) is 0 Å². The predicted molar refractivity (Wildman–Crippen MR) is 104 cm³/mol. The van der Waals surface area contributed by atoms with Crippen molar-refractivity contribution in [3.05, 3.63) is 52.8 Å². The Bertz CT molecular complexity index is 913. The fourth-order valence-corrected chi connectivity index (χ4v) is 3.43. The van der Waals surface area contributed by atoms with E-state index in [0.29, 0.717) is 26.7 Å². The second kappa shape index (κ2) is 7.94. The molecule has 0 saturated heterocycles. The van der Waals surface area contributed by atoms with Gasteiger partial charge in [0.1, 0.15) is 0 Å². The first kappa shape index (κ1) is 18.5. The number of pyridine rings is 1. The van der Waals surface area contributed by atoms with E-state index in [4.69, 9.17) is 29.0 Å². The van der Waals surface area contributed by atoms with Gasteiger partial charge in [0.05, 0.1) is 5.25 Å². The molecule has 7 nitrogen and oxygen atoms in total. The lowest BCUT2D eigenvalue weighted by atomic mass is 10.3. The third-order valence-electron chi connectivity index (χ3n) is 3.37. The molecule has 1 atom stereocenters. The zero-order chi connectivity index (χ0) is 18.7. The first-order chi connectivity index (χ1) is 12.4. The Kier molecular flexibility index (Phi) is 5.65. The summed E-state index contributed by atoms with van der Waals surface area (Å²) in [5.74, 6) is 6.28. The lowest BCUT2D eigenvalue weighted by Crippen LogP contribution is -2.23. The number of hydrogen-bond acceptors (Lipinski definition) is 6. The molecule has 2 heterocycles. The zero-order valence-corrected chi connectivity index (χ0v) is 15.9. The number of rotatable bonds is 5. The normalized spacial score (nSPS) is 12.0. The topological polar surface area (TPSA) is 98.7 Å². The number of aromatic nitrogens is 4. The molecule has 0 aliphatic rings. The van der Waals surface area contributed by atoms with Crippen molar-refractivity contribution >= 4 is 46.6 Å². The molecule has 10 heteroatoms. The highest BCUT2D eigenvalue weighted by atomic mass is 35.5. The maximum atomic E-state index is 12.4. The first-order valence-electron chi connectivity index (χ1n) is 7.48. The lowest BCUT2D eigenvalue weighted by Gasteiger charge is -2.12. The van der Waals surface area contributed by atoms with E-state index in [0.717, 1.165) is 5.56 Å². The number of amides is 1. The molecule has 3 rings (SSSR count). The van der Waals surface area contributed by atoms with Crippen LogP contribution in [0.4, 0.5) is 5.69 Å². The molecule has 0 spiro atoms. The molecular formula is C16H14Cl2N6OS. The summed E-state index contributed by atoms with van der Waals surface area (Å²) in [6.07, 6.45) is 3.30. The summed E-state index contributed by atoms with van der Waals surface area (Å²) in [4.78, 5) is 16.4. The number of nitrogens with two attached hydrogens (primary N) is 1. The SMILES string of the molecule is C[C@@H](Sc1nnc(-c2cccnc2)n1N)C(=O)Nc1cc(Cl)cc(Cl)c1. The van der Waals surface area contributed by atoms with Crippen LogP contribution in [0.15, 0.2) is 47.9 Å². The van der Waals surface area contributed by atoms with E-state index < -0.39 is 5.25 Å². The van der Waals surface area contributed by atoms with E-state index in [2.05, 4.69) is 20.5 Å². The molecule has 0 saturated carbocycles. The minimum Gasteiger partial charge on any atom is -0.335 e. The maximum absolute atomic E-state index is 12.4. The van der Waals surface area contributed by atoms with Crippen LogP contribution in [0.2, 0.25) is 10.0 Å². The third-order valence-corrected chi connectivity index (χ3v) is 4.86. The largest absolute Gasteiger partial charge is 0.335 e. The molecule has 3 N–H and O–H groups in total. The molecule has 0 aliphatic carbocycles. The average Bonchev–Trinajstić information content (AvgIpc) is 2.95. The van der Waals surface area contributed by atoms with Crippen molar-refractivity contribution in [2.75, 3.05) is 11.2 Å². The molecule has 0 fully saturated rings. The van der Waals surface area contributed by atoms with Crippen molar-refractivity contribution < 1.29 is 4.79 Å². The zero-order valence-electron chi connectivity index (χ0n) is 13.6. The molecule has 0 bridgehead atoms. The van der Waals surface area contributed by atoms with Crippen LogP contribution in [0.5, 0.6) is 0 Å². The maximum Gasteiger partial charge on any atom is 0.237 e. The van der Waals surface area contributed by atoms with Crippen molar-refractivity contribution in [1.82, 2.24) is 19.9 Å². The van der Waals surface area contributed by atoms with Gasteiger partial charge in [-0.15, -0.1) is 10.2 Å². The number of carbonyl (C=O) groups excluding carboxylic acids is 1. The van der Waals surface area contributed by atoms with Gasteiger partial charge in [-0.1, -0.05) is 35.0 Å². The lowest BCUT2D eigenvalue weighted by molar-refractivity contribution is -0.115. The van der Waals surface area contributed by atoms with Gasteiger partial charge >= 0.3 is 0 Å². The Morgan fingerprint density at radius 3 is 2.65 bits per heavy atom. The van der Waals surface area contributed by atoms with Gasteiger partial charge in [0.15, 0.2) is 5.82 Å². The van der Waals surface area contributed by atoms with Gasteiger partial charge < -0.3 is 11.2 Å². The summed E-state index contributed by atoms with van der Waals surface area (Å²) in [7, 11) is 0. The summed E-state index contributed by atoms with van der Waals surface area (Å²) in [6.45, 7) is 1.74. The second-order valence-electron chi connectivity index (χ2n) is 5.33. The molecule has 2 aromatic heterocycles. The third kappa shape index (κ3) is 4.27. The molecule has 134 valence electrons. The van der Waals surface area contributed by atoms with Gasteiger partial charge in [-0.25, -0.2) is 4.68 Å². The summed E-state index contributed by atoms with van der Waals surface area (Å²) < 4.78 is 1.34. The molecule has 0 unspecified atom stereocenters. The van der Waals surface area contributed by atoms with Gasteiger partial charge in [-0.05, 0) is 37.3 Å². The van der Waals surface area contributed by atoms with Crippen LogP contribution in [0.25, 0.3) is 11.4 Å². The van der Waals surface area contributed by atoms with Crippen LogP contribution < -0.4 is 11.2 Å². The quantitative estimate of drug-likeness (QED) is 0.495. The number of carbonyl (C=O) groups is 1. The van der Waals surface area contributed by atoms with E-state index in [-0.39, 0.29) is 5.91 Å². The Morgan fingerprint density at radius 2 is 2.00 bits per heavy atom. The van der Waals surface area contributed by atoms with Crippen LogP contribution in [0.3, 0.4) is 0 Å². The van der Waals surface area contributed by atoms with E-state index >= 15 is 0 Å². The minimum absolute atomic E-state index is 0.237. The van der Waals surface area contributed by atoms with Crippen LogP contribution in [-0.2, 0) is 4.79 Å². The number of anilines is 1. The van der Waals surface area contributed by atoms with E-state index in [1.807, 2.05) is 6.07 Å². The highest BCUT2D eigenvalue weighted by molar-refractivity contribution is 8.00. The van der Waals surface area contributed by atoms with Gasteiger partial charge in [-0.3, -0.25) is 9.78 Å². The second-order valence-corrected chi connectivity index (χ2v) is 7.51. The highest BCUT2D eigenvalue weighted by Crippen LogP contribution is 2.26. The Hall–Kier alpha value is -2.29. The van der Waals surface area contributed by atoms with E-state index in [1.165, 1.54) is 16.4 Å². The summed E-state index contributed by atoms with van der Waals surface area (Å²) in [5.41, 5.74) is 1.25. The molecule has 26 heavy (non-hydrogen) atoms. The Labute approximate surface area is 163 Å². The molecular weight excluding hydrogens is 395 g/mol. The monoisotopic (exact) mass is 408 g/mol. The average molecular weight is 409 g/mol. The minimum atomic E-state index is -0.471. The van der Waals surface area contributed by atoms with Gasteiger partial charge in [0.2, 0.25) is 11.1 Å². The number of halogens is 2. The number of benzene rings is 1. The van der Waals surface area contributed by atoms with Crippen molar-refractivity contribution in [2.24, 2.45) is 0 Å². The number of nitrogens with zero attached hydrogens (tertiary/aromatic N) is 4. The fraction of sp³-hybridized carbons (Fsp3) is 0.125. The molecule has 0 aliphatic heterocycles. The van der Waals surface area contributed by atoms with E-state index in [9.17, 15) is 4.79 Å². The smallest absolute Gasteiger partial charge is 0.237 e. The predicted octanol–water partition coefficient (Wildman–Crippen LogP) is 3.48. The Balaban J connectivity index is 1.71. The van der Waals surface area contributed by atoms with Crippen LogP contribution >= 0.6 is 35.0 Å². The summed E-state index contributed by atoms with van der Waals surface area (Å²) in [5, 5.41) is 11.7. The van der Waals surface area contributed by atoms with Crippen molar-refractivity contribution in [3.63, 3.8) is 0 Å². The number of hydrogen-bond donors (Lipinski definition) is 2. The highest BCUT2D eigenvalue weighted by Gasteiger charge is 2.20. The van der Waals surface area contributed by atoms with Crippen molar-refractivity contribution in [3.8, 4) is 11.4 Å². The van der Waals surface area contributed by atoms with E-state index in [1.54, 1.807) is 43.6 Å².